The van der Waals surface area contributed by atoms with E-state index in [0.29, 0.717) is 5.56 Å². The molecule has 130 valence electrons. The van der Waals surface area contributed by atoms with Gasteiger partial charge in [0.25, 0.3) is 5.69 Å². The SMILES string of the molecule is CCOC(=O)C[C@H](c1ccc([N+](=O)[O-])cc1)[C@@H](NC(C)=O)C(=O)O. The van der Waals surface area contributed by atoms with Gasteiger partial charge in [-0.3, -0.25) is 19.7 Å². The first kappa shape index (κ1) is 19.1. The Balaban J connectivity index is 3.19. The number of nitrogens with one attached hydrogen (secondary N) is 1. The second kappa shape index (κ2) is 8.61. The number of amides is 1. The Hall–Kier alpha value is -2.97. The Morgan fingerprint density at radius 3 is 2.29 bits per heavy atom. The minimum Gasteiger partial charge on any atom is -0.480 e. The maximum absolute atomic E-state index is 11.8. The number of ether oxygens (including phenoxy) is 1. The molecule has 0 bridgehead atoms. The van der Waals surface area contributed by atoms with Gasteiger partial charge in [-0.1, -0.05) is 12.1 Å². The van der Waals surface area contributed by atoms with Crippen molar-refractivity contribution < 1.29 is 29.2 Å². The number of esters is 1. The molecule has 1 amide bonds. The molecule has 24 heavy (non-hydrogen) atoms. The molecule has 1 aromatic rings. The second-order valence-corrected chi connectivity index (χ2v) is 4.98. The summed E-state index contributed by atoms with van der Waals surface area (Å²) in [7, 11) is 0. The largest absolute Gasteiger partial charge is 0.480 e. The molecular formula is C15H18N2O7. The Morgan fingerprint density at radius 2 is 1.88 bits per heavy atom. The summed E-state index contributed by atoms with van der Waals surface area (Å²) in [6, 6.07) is 3.77. The molecule has 0 fully saturated rings. The van der Waals surface area contributed by atoms with Crippen LogP contribution in [0.3, 0.4) is 0 Å². The number of nitrogens with zero attached hydrogens (tertiary/aromatic N) is 1. The first-order valence-corrected chi connectivity index (χ1v) is 7.16. The molecule has 2 atom stereocenters. The van der Waals surface area contributed by atoms with Crippen molar-refractivity contribution in [2.75, 3.05) is 6.61 Å². The van der Waals surface area contributed by atoms with Gasteiger partial charge in [0.15, 0.2) is 0 Å². The van der Waals surface area contributed by atoms with E-state index in [0.717, 1.165) is 6.92 Å². The fourth-order valence-electron chi connectivity index (χ4n) is 2.22. The highest BCUT2D eigenvalue weighted by atomic mass is 16.6. The number of hydrogen-bond donors (Lipinski definition) is 2. The third kappa shape index (κ3) is 5.34. The summed E-state index contributed by atoms with van der Waals surface area (Å²) in [5, 5.41) is 22.4. The van der Waals surface area contributed by atoms with E-state index < -0.39 is 34.7 Å². The van der Waals surface area contributed by atoms with Gasteiger partial charge in [-0.25, -0.2) is 4.79 Å². The fourth-order valence-corrected chi connectivity index (χ4v) is 2.22. The van der Waals surface area contributed by atoms with Crippen molar-refractivity contribution in [1.29, 1.82) is 0 Å². The summed E-state index contributed by atoms with van der Waals surface area (Å²) in [4.78, 5) is 44.7. The zero-order chi connectivity index (χ0) is 18.3. The van der Waals surface area contributed by atoms with Crippen molar-refractivity contribution in [3.63, 3.8) is 0 Å². The second-order valence-electron chi connectivity index (χ2n) is 4.98. The predicted molar refractivity (Wildman–Crippen MR) is 82.3 cm³/mol. The minimum absolute atomic E-state index is 0.129. The normalized spacial score (nSPS) is 12.8. The van der Waals surface area contributed by atoms with Crippen LogP contribution in [0.15, 0.2) is 24.3 Å². The molecule has 2 N–H and O–H groups in total. The molecule has 1 aromatic carbocycles. The molecule has 9 heteroatoms. The number of carboxylic acids is 1. The van der Waals surface area contributed by atoms with Gasteiger partial charge in [-0.2, -0.15) is 0 Å². The standard InChI is InChI=1S/C15H18N2O7/c1-3-24-13(19)8-12(14(15(20)21)16-9(2)18)10-4-6-11(7-5-10)17(22)23/h4-7,12,14H,3,8H2,1-2H3,(H,16,18)(H,20,21)/t12-,14-/m1/s1. The molecule has 0 aliphatic rings. The predicted octanol–water partition coefficient (Wildman–Crippen LogP) is 1.22. The molecule has 0 aliphatic carbocycles. The van der Waals surface area contributed by atoms with E-state index in [1.165, 1.54) is 24.3 Å². The van der Waals surface area contributed by atoms with Crippen LogP contribution in [0.4, 0.5) is 5.69 Å². The lowest BCUT2D eigenvalue weighted by Gasteiger charge is -2.24. The summed E-state index contributed by atoms with van der Waals surface area (Å²) in [6.07, 6.45) is -0.289. The lowest BCUT2D eigenvalue weighted by Crippen LogP contribution is -2.44. The average Bonchev–Trinajstić information content (AvgIpc) is 2.50. The van der Waals surface area contributed by atoms with Gasteiger partial charge in [0, 0.05) is 25.0 Å². The number of nitro groups is 1. The summed E-state index contributed by atoms with van der Waals surface area (Å²) in [5.74, 6) is -3.44. The highest BCUT2D eigenvalue weighted by Crippen LogP contribution is 2.26. The van der Waals surface area contributed by atoms with E-state index in [-0.39, 0.29) is 18.7 Å². The van der Waals surface area contributed by atoms with Crippen LogP contribution in [0, 0.1) is 10.1 Å². The number of carboxylic acid groups (broad SMARTS) is 1. The number of carbonyl (C=O) groups excluding carboxylic acids is 2. The van der Waals surface area contributed by atoms with Crippen LogP contribution in [0.25, 0.3) is 0 Å². The van der Waals surface area contributed by atoms with E-state index in [9.17, 15) is 29.6 Å². The van der Waals surface area contributed by atoms with Crippen molar-refractivity contribution in [2.24, 2.45) is 0 Å². The third-order valence-electron chi connectivity index (χ3n) is 3.25. The number of carbonyl (C=O) groups is 3. The van der Waals surface area contributed by atoms with Crippen LogP contribution in [0.1, 0.15) is 31.7 Å². The molecule has 0 unspecified atom stereocenters. The number of nitro benzene ring substituents is 1. The van der Waals surface area contributed by atoms with Gasteiger partial charge in [-0.05, 0) is 12.5 Å². The minimum atomic E-state index is -1.37. The van der Waals surface area contributed by atoms with Crippen molar-refractivity contribution >= 4 is 23.5 Å². The Kier molecular flexibility index (Phi) is 6.84. The van der Waals surface area contributed by atoms with Gasteiger partial charge < -0.3 is 15.2 Å². The molecular weight excluding hydrogens is 320 g/mol. The first-order chi connectivity index (χ1) is 11.3. The molecule has 1 rings (SSSR count). The molecule has 0 saturated heterocycles. The van der Waals surface area contributed by atoms with Gasteiger partial charge in [0.05, 0.1) is 18.0 Å². The van der Waals surface area contributed by atoms with Gasteiger partial charge >= 0.3 is 11.9 Å². The third-order valence-corrected chi connectivity index (χ3v) is 3.25. The molecule has 9 nitrogen and oxygen atoms in total. The van der Waals surface area contributed by atoms with Crippen LogP contribution in [0.2, 0.25) is 0 Å². The van der Waals surface area contributed by atoms with E-state index >= 15 is 0 Å². The van der Waals surface area contributed by atoms with Crippen LogP contribution in [-0.2, 0) is 19.1 Å². The lowest BCUT2D eigenvalue weighted by atomic mass is 9.88. The maximum Gasteiger partial charge on any atom is 0.326 e. The Morgan fingerprint density at radius 1 is 1.29 bits per heavy atom. The number of benzene rings is 1. The monoisotopic (exact) mass is 338 g/mol. The lowest BCUT2D eigenvalue weighted by molar-refractivity contribution is -0.384. The van der Waals surface area contributed by atoms with E-state index in [1.54, 1.807) is 6.92 Å². The van der Waals surface area contributed by atoms with Gasteiger partial charge in [0.2, 0.25) is 5.91 Å². The Labute approximate surface area is 137 Å². The molecule has 0 spiro atoms. The zero-order valence-corrected chi connectivity index (χ0v) is 13.2. The van der Waals surface area contributed by atoms with Crippen LogP contribution in [-0.4, -0.2) is 40.5 Å². The first-order valence-electron chi connectivity index (χ1n) is 7.16. The van der Waals surface area contributed by atoms with Crippen molar-refractivity contribution in [3.8, 4) is 0 Å². The van der Waals surface area contributed by atoms with Crippen LogP contribution < -0.4 is 5.32 Å². The number of non-ortho nitro benzene ring substituents is 1. The number of hydrogen-bond acceptors (Lipinski definition) is 6. The molecule has 0 saturated carbocycles. The summed E-state index contributed by atoms with van der Waals surface area (Å²) >= 11 is 0. The smallest absolute Gasteiger partial charge is 0.326 e. The summed E-state index contributed by atoms with van der Waals surface area (Å²) in [5.41, 5.74) is 0.204. The van der Waals surface area contributed by atoms with Crippen LogP contribution >= 0.6 is 0 Å². The van der Waals surface area contributed by atoms with E-state index in [1.807, 2.05) is 0 Å². The zero-order valence-electron chi connectivity index (χ0n) is 13.2. The van der Waals surface area contributed by atoms with E-state index in [4.69, 9.17) is 4.74 Å². The average molecular weight is 338 g/mol. The highest BCUT2D eigenvalue weighted by molar-refractivity contribution is 5.84. The number of rotatable bonds is 8. The molecule has 0 radical (unpaired) electrons. The molecule has 0 aromatic heterocycles. The molecule has 0 aliphatic heterocycles. The van der Waals surface area contributed by atoms with Crippen molar-refractivity contribution in [1.82, 2.24) is 5.32 Å². The fraction of sp³-hybridized carbons (Fsp3) is 0.400. The highest BCUT2D eigenvalue weighted by Gasteiger charge is 2.32. The van der Waals surface area contributed by atoms with Gasteiger partial charge in [0.1, 0.15) is 6.04 Å². The molecule has 0 heterocycles. The number of aliphatic carboxylic acids is 1. The quantitative estimate of drug-likeness (QED) is 0.413. The van der Waals surface area contributed by atoms with Crippen molar-refractivity contribution in [2.45, 2.75) is 32.2 Å². The topological polar surface area (TPSA) is 136 Å². The van der Waals surface area contributed by atoms with Crippen molar-refractivity contribution in [3.05, 3.63) is 39.9 Å². The van der Waals surface area contributed by atoms with E-state index in [2.05, 4.69) is 5.32 Å². The van der Waals surface area contributed by atoms with Crippen LogP contribution in [0.5, 0.6) is 0 Å². The Bertz CT molecular complexity index is 627. The maximum atomic E-state index is 11.8. The van der Waals surface area contributed by atoms with Gasteiger partial charge in [-0.15, -0.1) is 0 Å². The summed E-state index contributed by atoms with van der Waals surface area (Å²) in [6.45, 7) is 2.90. The summed E-state index contributed by atoms with van der Waals surface area (Å²) < 4.78 is 4.84.